The second-order valence-electron chi connectivity index (χ2n) is 5.66. The van der Waals surface area contributed by atoms with Crippen molar-refractivity contribution in [1.29, 1.82) is 0 Å². The van der Waals surface area contributed by atoms with Gasteiger partial charge in [0.1, 0.15) is 0 Å². The Bertz CT molecular complexity index is 961. The number of rotatable bonds is 2. The van der Waals surface area contributed by atoms with Gasteiger partial charge in [0, 0.05) is 11.6 Å². The number of benzene rings is 2. The standard InChI is InChI=1S/C21H16N2/c1-15-10-11-19-18(13-15)17(16-7-3-2-4-8-16)14-21(23-19)20-9-5-6-12-22-20/h2-14H,1H3. The van der Waals surface area contributed by atoms with E-state index in [1.807, 2.05) is 24.3 Å². The van der Waals surface area contributed by atoms with Crippen LogP contribution in [-0.4, -0.2) is 9.97 Å². The van der Waals surface area contributed by atoms with Crippen molar-refractivity contribution in [2.75, 3.05) is 0 Å². The lowest BCUT2D eigenvalue weighted by Gasteiger charge is -2.10. The average Bonchev–Trinajstić information content (AvgIpc) is 2.62. The maximum atomic E-state index is 4.81. The predicted octanol–water partition coefficient (Wildman–Crippen LogP) is 5.27. The van der Waals surface area contributed by atoms with Crippen LogP contribution in [0.15, 0.2) is 79.0 Å². The Morgan fingerprint density at radius 1 is 0.739 bits per heavy atom. The molecule has 0 atom stereocenters. The molecule has 2 heteroatoms. The van der Waals surface area contributed by atoms with Crippen LogP contribution in [0.5, 0.6) is 0 Å². The van der Waals surface area contributed by atoms with E-state index in [9.17, 15) is 0 Å². The van der Waals surface area contributed by atoms with E-state index in [0.29, 0.717) is 0 Å². The summed E-state index contributed by atoms with van der Waals surface area (Å²) in [6.07, 6.45) is 1.80. The van der Waals surface area contributed by atoms with Gasteiger partial charge in [-0.1, -0.05) is 48.0 Å². The zero-order valence-corrected chi connectivity index (χ0v) is 12.9. The van der Waals surface area contributed by atoms with E-state index in [1.165, 1.54) is 22.1 Å². The normalized spacial score (nSPS) is 10.8. The van der Waals surface area contributed by atoms with E-state index < -0.39 is 0 Å². The Balaban J connectivity index is 2.04. The van der Waals surface area contributed by atoms with Crippen molar-refractivity contribution < 1.29 is 0 Å². The fourth-order valence-electron chi connectivity index (χ4n) is 2.84. The van der Waals surface area contributed by atoms with Crippen molar-refractivity contribution in [2.45, 2.75) is 6.92 Å². The number of aryl methyl sites for hydroxylation is 1. The van der Waals surface area contributed by atoms with Crippen LogP contribution in [0.2, 0.25) is 0 Å². The van der Waals surface area contributed by atoms with E-state index in [4.69, 9.17) is 4.98 Å². The minimum Gasteiger partial charge on any atom is -0.255 e. The summed E-state index contributed by atoms with van der Waals surface area (Å²) in [6, 6.07) is 24.9. The third kappa shape index (κ3) is 2.59. The van der Waals surface area contributed by atoms with E-state index in [0.717, 1.165) is 16.9 Å². The molecule has 4 rings (SSSR count). The number of hydrogen-bond donors (Lipinski definition) is 0. The van der Waals surface area contributed by atoms with Crippen molar-refractivity contribution in [3.63, 3.8) is 0 Å². The van der Waals surface area contributed by atoms with Crippen molar-refractivity contribution in [2.24, 2.45) is 0 Å². The monoisotopic (exact) mass is 296 g/mol. The van der Waals surface area contributed by atoms with Crippen molar-refractivity contribution in [3.05, 3.63) is 84.6 Å². The highest BCUT2D eigenvalue weighted by molar-refractivity contribution is 5.96. The van der Waals surface area contributed by atoms with Gasteiger partial charge in [-0.2, -0.15) is 0 Å². The maximum Gasteiger partial charge on any atom is 0.0900 e. The van der Waals surface area contributed by atoms with Gasteiger partial charge in [0.25, 0.3) is 0 Å². The van der Waals surface area contributed by atoms with Crippen LogP contribution in [0.4, 0.5) is 0 Å². The summed E-state index contributed by atoms with van der Waals surface area (Å²) in [4.78, 5) is 9.26. The van der Waals surface area contributed by atoms with E-state index in [1.54, 1.807) is 6.20 Å². The van der Waals surface area contributed by atoms with Gasteiger partial charge in [-0.3, -0.25) is 4.98 Å². The molecule has 0 spiro atoms. The van der Waals surface area contributed by atoms with Gasteiger partial charge < -0.3 is 0 Å². The Labute approximate surface area is 135 Å². The summed E-state index contributed by atoms with van der Waals surface area (Å²) in [6.45, 7) is 2.11. The van der Waals surface area contributed by atoms with Gasteiger partial charge in [0.05, 0.1) is 16.9 Å². The molecule has 2 aromatic heterocycles. The molecule has 0 fully saturated rings. The fraction of sp³-hybridized carbons (Fsp3) is 0.0476. The summed E-state index contributed by atoms with van der Waals surface area (Å²) < 4.78 is 0. The Morgan fingerprint density at radius 2 is 1.57 bits per heavy atom. The molecule has 0 bridgehead atoms. The second kappa shape index (κ2) is 5.65. The summed E-state index contributed by atoms with van der Waals surface area (Å²) in [5.41, 5.74) is 6.43. The second-order valence-corrected chi connectivity index (χ2v) is 5.66. The molecule has 0 N–H and O–H groups in total. The van der Waals surface area contributed by atoms with Crippen LogP contribution >= 0.6 is 0 Å². The highest BCUT2D eigenvalue weighted by Crippen LogP contribution is 2.31. The molecule has 23 heavy (non-hydrogen) atoms. The fourth-order valence-corrected chi connectivity index (χ4v) is 2.84. The van der Waals surface area contributed by atoms with Gasteiger partial charge in [-0.25, -0.2) is 4.98 Å². The molecule has 0 aliphatic rings. The minimum absolute atomic E-state index is 0.896. The zero-order valence-electron chi connectivity index (χ0n) is 12.9. The molecule has 2 aromatic carbocycles. The highest BCUT2D eigenvalue weighted by Gasteiger charge is 2.10. The van der Waals surface area contributed by atoms with Crippen LogP contribution in [0.1, 0.15) is 5.56 Å². The number of aromatic nitrogens is 2. The molecular formula is C21H16N2. The largest absolute Gasteiger partial charge is 0.255 e. The highest BCUT2D eigenvalue weighted by atomic mass is 14.8. The molecule has 0 saturated heterocycles. The predicted molar refractivity (Wildman–Crippen MR) is 95.1 cm³/mol. The molecule has 0 aliphatic carbocycles. The van der Waals surface area contributed by atoms with E-state index in [2.05, 4.69) is 60.4 Å². The first-order valence-electron chi connectivity index (χ1n) is 7.69. The van der Waals surface area contributed by atoms with Crippen molar-refractivity contribution >= 4 is 10.9 Å². The summed E-state index contributed by atoms with van der Waals surface area (Å²) in [5.74, 6) is 0. The van der Waals surface area contributed by atoms with Crippen LogP contribution in [0, 0.1) is 6.92 Å². The maximum absolute atomic E-state index is 4.81. The van der Waals surface area contributed by atoms with Crippen LogP contribution in [-0.2, 0) is 0 Å². The van der Waals surface area contributed by atoms with Crippen molar-refractivity contribution in [3.8, 4) is 22.5 Å². The molecule has 0 saturated carbocycles. The van der Waals surface area contributed by atoms with E-state index in [-0.39, 0.29) is 0 Å². The lowest BCUT2D eigenvalue weighted by molar-refractivity contribution is 1.27. The first-order valence-corrected chi connectivity index (χ1v) is 7.69. The summed E-state index contributed by atoms with van der Waals surface area (Å²) in [5, 5.41) is 1.18. The first-order chi connectivity index (χ1) is 11.3. The zero-order chi connectivity index (χ0) is 15.6. The number of pyridine rings is 2. The Morgan fingerprint density at radius 3 is 2.35 bits per heavy atom. The third-order valence-corrected chi connectivity index (χ3v) is 3.98. The van der Waals surface area contributed by atoms with Gasteiger partial charge in [-0.15, -0.1) is 0 Å². The lowest BCUT2D eigenvalue weighted by Crippen LogP contribution is -1.92. The van der Waals surface area contributed by atoms with Gasteiger partial charge >= 0.3 is 0 Å². The quantitative estimate of drug-likeness (QED) is 0.503. The Hall–Kier alpha value is -3.00. The topological polar surface area (TPSA) is 25.8 Å². The molecule has 2 heterocycles. The van der Waals surface area contributed by atoms with Gasteiger partial charge in [0.2, 0.25) is 0 Å². The van der Waals surface area contributed by atoms with Crippen molar-refractivity contribution in [1.82, 2.24) is 9.97 Å². The smallest absolute Gasteiger partial charge is 0.0900 e. The first kappa shape index (κ1) is 13.6. The molecule has 110 valence electrons. The Kier molecular flexibility index (Phi) is 3.35. The number of nitrogens with zero attached hydrogens (tertiary/aromatic N) is 2. The minimum atomic E-state index is 0.896. The summed E-state index contributed by atoms with van der Waals surface area (Å²) in [7, 11) is 0. The average molecular weight is 296 g/mol. The van der Waals surface area contributed by atoms with Crippen LogP contribution in [0.25, 0.3) is 33.4 Å². The number of hydrogen-bond acceptors (Lipinski definition) is 2. The lowest BCUT2D eigenvalue weighted by atomic mass is 9.98. The molecule has 2 nitrogen and oxygen atoms in total. The molecule has 0 unspecified atom stereocenters. The molecule has 0 aliphatic heterocycles. The third-order valence-electron chi connectivity index (χ3n) is 3.98. The molecule has 4 aromatic rings. The van der Waals surface area contributed by atoms with Crippen LogP contribution in [0.3, 0.4) is 0 Å². The molecular weight excluding hydrogens is 280 g/mol. The molecule has 0 amide bonds. The van der Waals surface area contributed by atoms with Gasteiger partial charge in [-0.05, 0) is 48.4 Å². The summed E-state index contributed by atoms with van der Waals surface area (Å²) >= 11 is 0. The van der Waals surface area contributed by atoms with Crippen LogP contribution < -0.4 is 0 Å². The number of fused-ring (bicyclic) bond motifs is 1. The van der Waals surface area contributed by atoms with Gasteiger partial charge in [0.15, 0.2) is 0 Å². The van der Waals surface area contributed by atoms with E-state index >= 15 is 0 Å². The molecule has 0 radical (unpaired) electrons. The SMILES string of the molecule is Cc1ccc2nc(-c3ccccn3)cc(-c3ccccc3)c2c1.